The highest BCUT2D eigenvalue weighted by Gasteiger charge is 2.30. The van der Waals surface area contributed by atoms with Gasteiger partial charge in [-0.3, -0.25) is 9.59 Å². The van der Waals surface area contributed by atoms with Crippen molar-refractivity contribution in [2.45, 2.75) is 57.8 Å². The molecule has 0 bridgehead atoms. The van der Waals surface area contributed by atoms with Gasteiger partial charge in [-0.1, -0.05) is 17.8 Å². The molecule has 128 valence electrons. The first-order chi connectivity index (χ1) is 11.3. The van der Waals surface area contributed by atoms with E-state index in [0.717, 1.165) is 45.3 Å². The van der Waals surface area contributed by atoms with E-state index >= 15 is 0 Å². The van der Waals surface area contributed by atoms with E-state index in [1.807, 2.05) is 9.80 Å². The van der Waals surface area contributed by atoms with E-state index in [2.05, 4.69) is 6.08 Å². The summed E-state index contributed by atoms with van der Waals surface area (Å²) in [5.74, 6) is 1.43. The van der Waals surface area contributed by atoms with Crippen molar-refractivity contribution in [2.75, 3.05) is 25.4 Å². The average molecular weight is 337 g/mol. The van der Waals surface area contributed by atoms with Crippen LogP contribution in [0.25, 0.3) is 0 Å². The number of thioether (sulfide) groups is 1. The van der Waals surface area contributed by atoms with Gasteiger partial charge in [-0.15, -0.1) is 0 Å². The third kappa shape index (κ3) is 4.31. The number of nitrogens with zero attached hydrogens (tertiary/aromatic N) is 2. The van der Waals surface area contributed by atoms with Crippen LogP contribution in [-0.2, 0) is 4.79 Å². The quantitative estimate of drug-likeness (QED) is 0.781. The van der Waals surface area contributed by atoms with Crippen LogP contribution in [0.3, 0.4) is 0 Å². The molecule has 1 unspecified atom stereocenters. The Bertz CT molecular complexity index is 472. The Morgan fingerprint density at radius 1 is 1.04 bits per heavy atom. The third-order valence-corrected chi connectivity index (χ3v) is 6.12. The molecule has 0 spiro atoms. The van der Waals surface area contributed by atoms with Gasteiger partial charge in [0.15, 0.2) is 0 Å². The molecule has 0 aromatic rings. The third-order valence-electron chi connectivity index (χ3n) is 5.25. The summed E-state index contributed by atoms with van der Waals surface area (Å²) in [6, 6.07) is 0. The zero-order valence-corrected chi connectivity index (χ0v) is 14.8. The molecular formula is C18H28N2O2S. The first-order valence-corrected chi connectivity index (χ1v) is 10.2. The van der Waals surface area contributed by atoms with Crippen molar-refractivity contribution in [1.29, 1.82) is 0 Å². The van der Waals surface area contributed by atoms with Crippen LogP contribution in [0.15, 0.2) is 11.8 Å². The second kappa shape index (κ2) is 8.22. The van der Waals surface area contributed by atoms with Crippen LogP contribution in [0.2, 0.25) is 0 Å². The molecule has 2 fully saturated rings. The van der Waals surface area contributed by atoms with Crippen molar-refractivity contribution >= 4 is 22.9 Å². The van der Waals surface area contributed by atoms with Crippen molar-refractivity contribution in [2.24, 2.45) is 5.92 Å². The van der Waals surface area contributed by atoms with E-state index in [-0.39, 0.29) is 11.1 Å². The van der Waals surface area contributed by atoms with Gasteiger partial charge in [0.25, 0.3) is 5.24 Å². The summed E-state index contributed by atoms with van der Waals surface area (Å²) in [6.45, 7) is 2.66. The maximum absolute atomic E-state index is 12.5. The molecule has 4 nitrogen and oxygen atoms in total. The first kappa shape index (κ1) is 16.9. The Morgan fingerprint density at radius 3 is 2.65 bits per heavy atom. The smallest absolute Gasteiger partial charge is 0.285 e. The Kier molecular flexibility index (Phi) is 6.03. The van der Waals surface area contributed by atoms with Crippen molar-refractivity contribution in [3.63, 3.8) is 0 Å². The lowest BCUT2D eigenvalue weighted by Crippen LogP contribution is -2.37. The van der Waals surface area contributed by atoms with E-state index in [0.29, 0.717) is 18.1 Å². The van der Waals surface area contributed by atoms with Gasteiger partial charge in [0.1, 0.15) is 0 Å². The molecule has 5 heteroatoms. The molecule has 2 heterocycles. The monoisotopic (exact) mass is 336 g/mol. The van der Waals surface area contributed by atoms with E-state index in [9.17, 15) is 9.59 Å². The molecule has 0 aromatic heterocycles. The molecular weight excluding hydrogens is 308 g/mol. The summed E-state index contributed by atoms with van der Waals surface area (Å²) < 4.78 is 0. The van der Waals surface area contributed by atoms with Crippen LogP contribution in [-0.4, -0.2) is 46.3 Å². The number of carbonyl (C=O) groups is 2. The summed E-state index contributed by atoms with van der Waals surface area (Å²) in [6.07, 6.45) is 12.2. The number of fused-ring (bicyclic) bond motifs is 1. The number of hydrogen-bond acceptors (Lipinski definition) is 3. The molecule has 0 aromatic carbocycles. The molecule has 2 aliphatic heterocycles. The molecule has 1 atom stereocenters. The highest BCUT2D eigenvalue weighted by atomic mass is 32.2. The van der Waals surface area contributed by atoms with Gasteiger partial charge in [0.05, 0.1) is 0 Å². The molecule has 2 amide bonds. The Morgan fingerprint density at radius 2 is 1.83 bits per heavy atom. The summed E-state index contributed by atoms with van der Waals surface area (Å²) in [4.78, 5) is 28.7. The van der Waals surface area contributed by atoms with Crippen molar-refractivity contribution in [1.82, 2.24) is 9.80 Å². The number of carbonyl (C=O) groups excluding carboxylic acids is 2. The molecule has 2 saturated heterocycles. The van der Waals surface area contributed by atoms with Gasteiger partial charge in [-0.2, -0.15) is 0 Å². The van der Waals surface area contributed by atoms with Crippen LogP contribution in [0.4, 0.5) is 4.79 Å². The molecule has 3 rings (SSSR count). The largest absolute Gasteiger partial charge is 0.343 e. The summed E-state index contributed by atoms with van der Waals surface area (Å²) in [5.41, 5.74) is 1.27. The fraction of sp³-hybridized carbons (Fsp3) is 0.778. The second-order valence-electron chi connectivity index (χ2n) is 6.86. The number of likely N-dealkylation sites (tertiary alicyclic amines) is 2. The molecule has 0 radical (unpaired) electrons. The van der Waals surface area contributed by atoms with Gasteiger partial charge < -0.3 is 9.80 Å². The lowest BCUT2D eigenvalue weighted by Gasteiger charge is -2.37. The zero-order valence-electron chi connectivity index (χ0n) is 14.0. The fourth-order valence-electron chi connectivity index (χ4n) is 3.98. The van der Waals surface area contributed by atoms with Crippen LogP contribution in [0, 0.1) is 5.92 Å². The number of amides is 2. The van der Waals surface area contributed by atoms with Gasteiger partial charge in [-0.25, -0.2) is 0 Å². The molecule has 1 aliphatic carbocycles. The lowest BCUT2D eigenvalue weighted by molar-refractivity contribution is -0.131. The number of piperidine rings is 2. The molecule has 0 N–H and O–H groups in total. The summed E-state index contributed by atoms with van der Waals surface area (Å²) in [5, 5.41) is 0.147. The Balaban J connectivity index is 1.45. The maximum Gasteiger partial charge on any atom is 0.285 e. The van der Waals surface area contributed by atoms with E-state index in [4.69, 9.17) is 0 Å². The second-order valence-corrected chi connectivity index (χ2v) is 7.90. The van der Waals surface area contributed by atoms with Crippen LogP contribution < -0.4 is 0 Å². The van der Waals surface area contributed by atoms with E-state index in [1.54, 1.807) is 0 Å². The number of allylic oxidation sites excluding steroid dienone is 2. The maximum atomic E-state index is 12.5. The Hall–Kier alpha value is -0.970. The van der Waals surface area contributed by atoms with Crippen LogP contribution >= 0.6 is 11.8 Å². The topological polar surface area (TPSA) is 40.6 Å². The number of rotatable bonds is 3. The fourth-order valence-corrected chi connectivity index (χ4v) is 4.78. The van der Waals surface area contributed by atoms with Crippen molar-refractivity contribution in [3.8, 4) is 0 Å². The number of hydrogen-bond donors (Lipinski definition) is 0. The van der Waals surface area contributed by atoms with E-state index in [1.165, 1.54) is 43.1 Å². The Labute approximate surface area is 143 Å². The molecule has 3 aliphatic rings. The zero-order chi connectivity index (χ0) is 16.1. The van der Waals surface area contributed by atoms with Gasteiger partial charge >= 0.3 is 0 Å². The SMILES string of the molecule is O=C(CCSC(=O)N1CCCC2CCCC=C21)N1CCCCC1. The van der Waals surface area contributed by atoms with Crippen molar-refractivity contribution in [3.05, 3.63) is 11.8 Å². The lowest BCUT2D eigenvalue weighted by atomic mass is 9.85. The van der Waals surface area contributed by atoms with Gasteiger partial charge in [-0.05, 0) is 57.3 Å². The standard InChI is InChI=1S/C18H28N2O2S/c21-17(19-11-4-1-5-12-19)10-14-23-18(22)20-13-6-8-15-7-2-3-9-16(15)20/h9,15H,1-8,10-14H2. The predicted molar refractivity (Wildman–Crippen MR) is 94.3 cm³/mol. The average Bonchev–Trinajstić information content (AvgIpc) is 2.61. The van der Waals surface area contributed by atoms with Gasteiger partial charge in [0.2, 0.25) is 5.91 Å². The minimum Gasteiger partial charge on any atom is -0.343 e. The van der Waals surface area contributed by atoms with E-state index < -0.39 is 0 Å². The molecule has 0 saturated carbocycles. The predicted octanol–water partition coefficient (Wildman–Crippen LogP) is 4.02. The van der Waals surface area contributed by atoms with Crippen LogP contribution in [0.5, 0.6) is 0 Å². The minimum absolute atomic E-state index is 0.147. The molecule has 23 heavy (non-hydrogen) atoms. The van der Waals surface area contributed by atoms with Crippen LogP contribution in [0.1, 0.15) is 57.8 Å². The minimum atomic E-state index is 0.147. The summed E-state index contributed by atoms with van der Waals surface area (Å²) >= 11 is 1.33. The highest BCUT2D eigenvalue weighted by molar-refractivity contribution is 8.13. The summed E-state index contributed by atoms with van der Waals surface area (Å²) in [7, 11) is 0. The normalized spacial score (nSPS) is 24.9. The highest BCUT2D eigenvalue weighted by Crippen LogP contribution is 2.36. The van der Waals surface area contributed by atoms with Crippen molar-refractivity contribution < 1.29 is 9.59 Å². The first-order valence-electron chi connectivity index (χ1n) is 9.18. The van der Waals surface area contributed by atoms with Gasteiger partial charge in [0, 0.05) is 37.5 Å².